The number of nitrogens with zero attached hydrogens (tertiary/aromatic N) is 1. The highest BCUT2D eigenvalue weighted by molar-refractivity contribution is 7.09. The number of thiophene rings is 1. The summed E-state index contributed by atoms with van der Waals surface area (Å²) >= 11 is 1.59. The Morgan fingerprint density at radius 3 is 2.58 bits per heavy atom. The number of amides is 2. The van der Waals surface area contributed by atoms with Crippen molar-refractivity contribution in [2.45, 2.75) is 26.5 Å². The van der Waals surface area contributed by atoms with Crippen LogP contribution in [0.1, 0.15) is 29.1 Å². The Morgan fingerprint density at radius 1 is 1.27 bits per heavy atom. The normalized spacial score (nSPS) is 10.4. The zero-order valence-corrected chi connectivity index (χ0v) is 15.9. The third kappa shape index (κ3) is 6.04. The molecule has 0 unspecified atom stereocenters. The van der Waals surface area contributed by atoms with Gasteiger partial charge in [0.25, 0.3) is 5.91 Å². The topological polar surface area (TPSA) is 58.6 Å². The predicted octanol–water partition coefficient (Wildman–Crippen LogP) is 3.48. The summed E-state index contributed by atoms with van der Waals surface area (Å²) in [6.07, 6.45) is 1.76. The van der Waals surface area contributed by atoms with E-state index in [1.165, 1.54) is 0 Å². The molecular weight excluding hydrogens is 348 g/mol. The smallest absolute Gasteiger partial charge is 0.251 e. The van der Waals surface area contributed by atoms with Gasteiger partial charge in [-0.3, -0.25) is 9.59 Å². The minimum atomic E-state index is -0.288. The number of ether oxygens (including phenoxy) is 1. The molecule has 2 rings (SSSR count). The van der Waals surface area contributed by atoms with Crippen LogP contribution < -0.4 is 10.1 Å². The van der Waals surface area contributed by atoms with Crippen molar-refractivity contribution < 1.29 is 14.3 Å². The van der Waals surface area contributed by atoms with Gasteiger partial charge in [0.1, 0.15) is 5.75 Å². The molecule has 0 aliphatic heterocycles. The van der Waals surface area contributed by atoms with Crippen LogP contribution in [0, 0.1) is 0 Å². The zero-order chi connectivity index (χ0) is 18.9. The van der Waals surface area contributed by atoms with Gasteiger partial charge in [-0.2, -0.15) is 0 Å². The summed E-state index contributed by atoms with van der Waals surface area (Å²) < 4.78 is 5.55. The lowest BCUT2D eigenvalue weighted by atomic mass is 10.2. The van der Waals surface area contributed by atoms with Gasteiger partial charge in [-0.1, -0.05) is 12.1 Å². The average Bonchev–Trinajstić information content (AvgIpc) is 3.12. The largest absolute Gasteiger partial charge is 0.491 e. The van der Waals surface area contributed by atoms with E-state index in [-0.39, 0.29) is 24.5 Å². The Bertz CT molecular complexity index is 724. The van der Waals surface area contributed by atoms with Crippen LogP contribution in [-0.4, -0.2) is 35.9 Å². The van der Waals surface area contributed by atoms with E-state index in [0.29, 0.717) is 24.4 Å². The Hall–Kier alpha value is -2.60. The number of hydrogen-bond donors (Lipinski definition) is 1. The van der Waals surface area contributed by atoms with Gasteiger partial charge in [-0.25, -0.2) is 0 Å². The number of rotatable bonds is 9. The molecule has 1 N–H and O–H groups in total. The first-order valence-corrected chi connectivity index (χ1v) is 9.33. The van der Waals surface area contributed by atoms with Crippen molar-refractivity contribution in [3.63, 3.8) is 0 Å². The van der Waals surface area contributed by atoms with Crippen LogP contribution >= 0.6 is 11.3 Å². The van der Waals surface area contributed by atoms with Crippen LogP contribution in [0.5, 0.6) is 5.75 Å². The molecule has 2 aromatic rings. The maximum Gasteiger partial charge on any atom is 0.251 e. The van der Waals surface area contributed by atoms with Gasteiger partial charge in [-0.05, 0) is 49.6 Å². The van der Waals surface area contributed by atoms with E-state index < -0.39 is 0 Å². The van der Waals surface area contributed by atoms with Gasteiger partial charge in [0.2, 0.25) is 5.91 Å². The molecule has 0 bridgehead atoms. The van der Waals surface area contributed by atoms with Gasteiger partial charge in [-0.15, -0.1) is 17.9 Å². The van der Waals surface area contributed by atoms with Crippen LogP contribution in [0.15, 0.2) is 54.4 Å². The molecule has 5 nitrogen and oxygen atoms in total. The average molecular weight is 372 g/mol. The predicted molar refractivity (Wildman–Crippen MR) is 104 cm³/mol. The third-order valence-corrected chi connectivity index (χ3v) is 4.38. The van der Waals surface area contributed by atoms with Crippen molar-refractivity contribution >= 4 is 23.2 Å². The van der Waals surface area contributed by atoms with E-state index in [2.05, 4.69) is 11.9 Å². The second-order valence-corrected chi connectivity index (χ2v) is 7.05. The molecule has 138 valence electrons. The number of benzene rings is 1. The molecule has 0 saturated carbocycles. The molecule has 26 heavy (non-hydrogen) atoms. The molecule has 0 aliphatic carbocycles. The van der Waals surface area contributed by atoms with Crippen LogP contribution in [0.2, 0.25) is 0 Å². The molecule has 2 amide bonds. The molecule has 0 aliphatic rings. The van der Waals surface area contributed by atoms with Crippen LogP contribution in [-0.2, 0) is 11.3 Å². The van der Waals surface area contributed by atoms with E-state index in [9.17, 15) is 9.59 Å². The second-order valence-electron chi connectivity index (χ2n) is 6.02. The number of hydrogen-bond acceptors (Lipinski definition) is 4. The van der Waals surface area contributed by atoms with Gasteiger partial charge in [0.15, 0.2) is 0 Å². The van der Waals surface area contributed by atoms with Crippen LogP contribution in [0.25, 0.3) is 0 Å². The molecule has 0 saturated heterocycles. The van der Waals surface area contributed by atoms with Crippen molar-refractivity contribution in [2.75, 3.05) is 13.1 Å². The number of nitrogens with one attached hydrogen (secondary N) is 1. The van der Waals surface area contributed by atoms with Gasteiger partial charge in [0.05, 0.1) is 19.2 Å². The number of carbonyl (C=O) groups is 2. The second kappa shape index (κ2) is 9.77. The van der Waals surface area contributed by atoms with E-state index in [4.69, 9.17) is 4.74 Å². The SMILES string of the molecule is C=CCN(Cc1cccs1)C(=O)CNC(=O)c1ccc(OC(C)C)cc1. The summed E-state index contributed by atoms with van der Waals surface area (Å²) in [7, 11) is 0. The first-order valence-electron chi connectivity index (χ1n) is 8.45. The molecule has 1 aromatic heterocycles. The zero-order valence-electron chi connectivity index (χ0n) is 15.1. The fourth-order valence-corrected chi connectivity index (χ4v) is 3.05. The molecule has 0 radical (unpaired) electrons. The third-order valence-electron chi connectivity index (χ3n) is 3.52. The first-order chi connectivity index (χ1) is 12.5. The fraction of sp³-hybridized carbons (Fsp3) is 0.300. The molecule has 1 aromatic carbocycles. The van der Waals surface area contributed by atoms with Crippen molar-refractivity contribution in [3.05, 3.63) is 64.9 Å². The Balaban J connectivity index is 1.89. The highest BCUT2D eigenvalue weighted by atomic mass is 32.1. The Morgan fingerprint density at radius 2 is 2.00 bits per heavy atom. The van der Waals surface area contributed by atoms with Crippen LogP contribution in [0.4, 0.5) is 0 Å². The summed E-state index contributed by atoms with van der Waals surface area (Å²) in [6.45, 7) is 8.48. The van der Waals surface area contributed by atoms with E-state index >= 15 is 0 Å². The van der Waals surface area contributed by atoms with Gasteiger partial charge < -0.3 is 15.0 Å². The molecule has 0 fully saturated rings. The molecule has 6 heteroatoms. The lowest BCUT2D eigenvalue weighted by Gasteiger charge is -2.20. The number of carbonyl (C=O) groups excluding carboxylic acids is 2. The lowest BCUT2D eigenvalue weighted by molar-refractivity contribution is -0.130. The molecule has 0 atom stereocenters. The summed E-state index contributed by atoms with van der Waals surface area (Å²) in [5.41, 5.74) is 0.488. The Kier molecular flexibility index (Phi) is 7.41. The van der Waals surface area contributed by atoms with Crippen molar-refractivity contribution in [2.24, 2.45) is 0 Å². The summed E-state index contributed by atoms with van der Waals surface area (Å²) in [5, 5.41) is 4.65. The fourth-order valence-electron chi connectivity index (χ4n) is 2.33. The van der Waals surface area contributed by atoms with Crippen molar-refractivity contribution in [1.82, 2.24) is 10.2 Å². The quantitative estimate of drug-likeness (QED) is 0.686. The van der Waals surface area contributed by atoms with E-state index in [1.807, 2.05) is 31.4 Å². The standard InChI is InChI=1S/C20H24N2O3S/c1-4-11-22(14-18-6-5-12-26-18)19(23)13-21-20(24)16-7-9-17(10-8-16)25-15(2)3/h4-10,12,15H,1,11,13-14H2,2-3H3,(H,21,24). The summed E-state index contributed by atoms with van der Waals surface area (Å²) in [4.78, 5) is 27.4. The van der Waals surface area contributed by atoms with E-state index in [1.54, 1.807) is 46.6 Å². The highest BCUT2D eigenvalue weighted by Crippen LogP contribution is 2.14. The van der Waals surface area contributed by atoms with Crippen molar-refractivity contribution in [1.29, 1.82) is 0 Å². The minimum Gasteiger partial charge on any atom is -0.491 e. The summed E-state index contributed by atoms with van der Waals surface area (Å²) in [5.74, 6) is 0.274. The summed E-state index contributed by atoms with van der Waals surface area (Å²) in [6, 6.07) is 10.8. The molecule has 0 spiro atoms. The van der Waals surface area contributed by atoms with E-state index in [0.717, 1.165) is 4.88 Å². The van der Waals surface area contributed by atoms with Gasteiger partial charge >= 0.3 is 0 Å². The highest BCUT2D eigenvalue weighted by Gasteiger charge is 2.15. The maximum absolute atomic E-state index is 12.4. The van der Waals surface area contributed by atoms with Gasteiger partial charge in [0, 0.05) is 17.0 Å². The Labute approximate surface area is 158 Å². The van der Waals surface area contributed by atoms with Crippen molar-refractivity contribution in [3.8, 4) is 5.75 Å². The first kappa shape index (κ1) is 19.7. The maximum atomic E-state index is 12.4. The molecule has 1 heterocycles. The minimum absolute atomic E-state index is 0.0533. The monoisotopic (exact) mass is 372 g/mol. The lowest BCUT2D eigenvalue weighted by Crippen LogP contribution is -2.39. The van der Waals surface area contributed by atoms with Crippen LogP contribution in [0.3, 0.4) is 0 Å². The molecular formula is C20H24N2O3S.